The minimum absolute atomic E-state index is 0.175. The molecule has 10 aromatic carbocycles. The predicted molar refractivity (Wildman–Crippen MR) is 293 cm³/mol. The number of para-hydroxylation sites is 2. The molecule has 1 fully saturated rings. The first-order valence-corrected chi connectivity index (χ1v) is 24.9. The predicted octanol–water partition coefficient (Wildman–Crippen LogP) is 18.8. The normalized spacial score (nSPS) is 14.3. The molecule has 0 atom stereocenters. The Bertz CT molecular complexity index is 3720. The highest BCUT2D eigenvalue weighted by Gasteiger charge is 2.36. The standard InChI is InChI=1S/C67H54N2/c1-67(2)61-28-16-14-26-55(61)56-38-36-54(44-62(56)67)69(64-39-35-51(41-59(64)48-20-8-4-9-21-48)47-32-30-46(31-33-47)45-18-6-3-7-19-45)66-42-50-23-13-12-22-49(50)40-60(66)52-34-37-58-57-27-15-17-29-63(57)68(65(58)43-52)53-24-10-5-11-25-53/h4-5,8-17,20-45H,3,6-7,18-19H2,1-2H3. The van der Waals surface area contributed by atoms with E-state index in [-0.39, 0.29) is 5.41 Å². The molecule has 332 valence electrons. The van der Waals surface area contributed by atoms with Crippen LogP contribution in [0.1, 0.15) is 68.6 Å². The number of benzene rings is 10. The largest absolute Gasteiger partial charge is 0.309 e. The maximum Gasteiger partial charge on any atom is 0.0547 e. The van der Waals surface area contributed by atoms with Crippen molar-refractivity contribution in [2.24, 2.45) is 0 Å². The molecule has 0 saturated heterocycles. The van der Waals surface area contributed by atoms with E-state index >= 15 is 0 Å². The van der Waals surface area contributed by atoms with Crippen LogP contribution >= 0.6 is 0 Å². The molecule has 0 bridgehead atoms. The second kappa shape index (κ2) is 16.7. The lowest BCUT2D eigenvalue weighted by Crippen LogP contribution is -2.17. The van der Waals surface area contributed by atoms with E-state index in [0.717, 1.165) is 28.3 Å². The van der Waals surface area contributed by atoms with Gasteiger partial charge in [-0.05, 0) is 140 Å². The van der Waals surface area contributed by atoms with Crippen LogP contribution in [0.25, 0.3) is 82.8 Å². The summed E-state index contributed by atoms with van der Waals surface area (Å²) in [5.74, 6) is 0.673. The van der Waals surface area contributed by atoms with Crippen LogP contribution in [0.5, 0.6) is 0 Å². The summed E-state index contributed by atoms with van der Waals surface area (Å²) in [5.41, 5.74) is 20.8. The van der Waals surface area contributed by atoms with E-state index in [9.17, 15) is 0 Å². The van der Waals surface area contributed by atoms with Gasteiger partial charge in [0.1, 0.15) is 0 Å². The van der Waals surface area contributed by atoms with Crippen LogP contribution in [-0.4, -0.2) is 4.57 Å². The molecule has 1 heterocycles. The van der Waals surface area contributed by atoms with Crippen molar-refractivity contribution in [3.05, 3.63) is 241 Å². The minimum Gasteiger partial charge on any atom is -0.309 e. The van der Waals surface area contributed by atoms with Crippen molar-refractivity contribution < 1.29 is 0 Å². The molecule has 2 aliphatic rings. The van der Waals surface area contributed by atoms with Crippen LogP contribution < -0.4 is 4.90 Å². The second-order valence-electron chi connectivity index (χ2n) is 19.9. The van der Waals surface area contributed by atoms with E-state index in [1.54, 1.807) is 0 Å². The van der Waals surface area contributed by atoms with Gasteiger partial charge in [0.05, 0.1) is 22.4 Å². The summed E-state index contributed by atoms with van der Waals surface area (Å²) in [4.78, 5) is 2.57. The summed E-state index contributed by atoms with van der Waals surface area (Å²) in [5, 5.41) is 4.90. The molecule has 11 aromatic rings. The Morgan fingerprint density at radius 3 is 1.86 bits per heavy atom. The van der Waals surface area contributed by atoms with Gasteiger partial charge < -0.3 is 9.47 Å². The van der Waals surface area contributed by atoms with E-state index in [4.69, 9.17) is 0 Å². The van der Waals surface area contributed by atoms with Crippen LogP contribution in [0.15, 0.2) is 224 Å². The van der Waals surface area contributed by atoms with Gasteiger partial charge in [0.15, 0.2) is 0 Å². The molecule has 0 N–H and O–H groups in total. The highest BCUT2D eigenvalue weighted by atomic mass is 15.1. The van der Waals surface area contributed by atoms with E-state index in [1.807, 2.05) is 0 Å². The highest BCUT2D eigenvalue weighted by molar-refractivity contribution is 6.11. The number of fused-ring (bicyclic) bond motifs is 7. The van der Waals surface area contributed by atoms with Crippen LogP contribution in [0.4, 0.5) is 17.1 Å². The molecule has 0 aliphatic heterocycles. The first kappa shape index (κ1) is 41.3. The topological polar surface area (TPSA) is 8.17 Å². The van der Waals surface area contributed by atoms with Gasteiger partial charge in [-0.15, -0.1) is 0 Å². The summed E-state index contributed by atoms with van der Waals surface area (Å²) < 4.78 is 2.43. The van der Waals surface area contributed by atoms with Crippen LogP contribution in [-0.2, 0) is 5.41 Å². The van der Waals surface area contributed by atoms with Gasteiger partial charge in [-0.1, -0.05) is 197 Å². The van der Waals surface area contributed by atoms with Crippen LogP contribution in [0, 0.1) is 0 Å². The molecule has 13 rings (SSSR count). The van der Waals surface area contributed by atoms with Crippen molar-refractivity contribution >= 4 is 49.6 Å². The molecule has 2 aliphatic carbocycles. The second-order valence-corrected chi connectivity index (χ2v) is 19.9. The first-order valence-electron chi connectivity index (χ1n) is 24.9. The van der Waals surface area contributed by atoms with Gasteiger partial charge >= 0.3 is 0 Å². The third kappa shape index (κ3) is 7.00. The van der Waals surface area contributed by atoms with Crippen molar-refractivity contribution in [3.63, 3.8) is 0 Å². The third-order valence-corrected chi connectivity index (χ3v) is 15.6. The summed E-state index contributed by atoms with van der Waals surface area (Å²) in [6.45, 7) is 4.77. The Balaban J connectivity index is 1.07. The molecular formula is C67H54N2. The number of hydrogen-bond donors (Lipinski definition) is 0. The van der Waals surface area contributed by atoms with E-state index in [0.29, 0.717) is 5.92 Å². The van der Waals surface area contributed by atoms with Crippen LogP contribution in [0.2, 0.25) is 0 Å². The maximum atomic E-state index is 2.57. The van der Waals surface area contributed by atoms with Crippen LogP contribution in [0.3, 0.4) is 0 Å². The number of aromatic nitrogens is 1. The Morgan fingerprint density at radius 2 is 1.04 bits per heavy atom. The fraction of sp³-hybridized carbons (Fsp3) is 0.134. The average Bonchev–Trinajstić information content (AvgIpc) is 3.86. The summed E-state index contributed by atoms with van der Waals surface area (Å²) in [6.07, 6.45) is 6.65. The third-order valence-electron chi connectivity index (χ3n) is 15.6. The number of anilines is 3. The van der Waals surface area contributed by atoms with Gasteiger partial charge in [-0.25, -0.2) is 0 Å². The molecule has 1 saturated carbocycles. The monoisotopic (exact) mass is 886 g/mol. The molecule has 1 aromatic heterocycles. The lowest BCUT2D eigenvalue weighted by Gasteiger charge is -2.32. The molecule has 0 unspecified atom stereocenters. The van der Waals surface area contributed by atoms with Gasteiger partial charge in [-0.2, -0.15) is 0 Å². The van der Waals surface area contributed by atoms with E-state index < -0.39 is 0 Å². The molecule has 2 nitrogen and oxygen atoms in total. The van der Waals surface area contributed by atoms with Crippen molar-refractivity contribution in [1.82, 2.24) is 4.57 Å². The van der Waals surface area contributed by atoms with Crippen molar-refractivity contribution in [1.29, 1.82) is 0 Å². The molecular weight excluding hydrogens is 833 g/mol. The zero-order chi connectivity index (χ0) is 46.1. The first-order chi connectivity index (χ1) is 34.0. The zero-order valence-electron chi connectivity index (χ0n) is 39.4. The lowest BCUT2D eigenvalue weighted by atomic mass is 9.82. The lowest BCUT2D eigenvalue weighted by molar-refractivity contribution is 0.443. The van der Waals surface area contributed by atoms with Gasteiger partial charge in [-0.3, -0.25) is 0 Å². The maximum absolute atomic E-state index is 2.57. The quantitative estimate of drug-likeness (QED) is 0.148. The molecule has 69 heavy (non-hydrogen) atoms. The molecule has 0 radical (unpaired) electrons. The van der Waals surface area contributed by atoms with Crippen molar-refractivity contribution in [3.8, 4) is 50.2 Å². The Morgan fingerprint density at radius 1 is 0.406 bits per heavy atom. The average molecular weight is 887 g/mol. The van der Waals surface area contributed by atoms with Gasteiger partial charge in [0.25, 0.3) is 0 Å². The van der Waals surface area contributed by atoms with Gasteiger partial charge in [0.2, 0.25) is 0 Å². The Hall–Kier alpha value is -7.94. The Kier molecular flexibility index (Phi) is 9.98. The van der Waals surface area contributed by atoms with E-state index in [2.05, 4.69) is 248 Å². The van der Waals surface area contributed by atoms with Gasteiger partial charge in [0, 0.05) is 38.7 Å². The molecule has 2 heteroatoms. The minimum atomic E-state index is -0.175. The number of hydrogen-bond acceptors (Lipinski definition) is 1. The summed E-state index contributed by atoms with van der Waals surface area (Å²) in [7, 11) is 0. The van der Waals surface area contributed by atoms with E-state index in [1.165, 1.54) is 120 Å². The number of rotatable bonds is 8. The molecule has 0 spiro atoms. The summed E-state index contributed by atoms with van der Waals surface area (Å²) in [6, 6.07) is 84.3. The fourth-order valence-electron chi connectivity index (χ4n) is 12.0. The molecule has 0 amide bonds. The smallest absolute Gasteiger partial charge is 0.0547 e. The Labute approximate surface area is 405 Å². The van der Waals surface area contributed by atoms with Crippen molar-refractivity contribution in [2.75, 3.05) is 4.90 Å². The number of nitrogens with zero attached hydrogens (tertiary/aromatic N) is 2. The zero-order valence-corrected chi connectivity index (χ0v) is 39.4. The fourth-order valence-corrected chi connectivity index (χ4v) is 12.0. The van der Waals surface area contributed by atoms with Crippen molar-refractivity contribution in [2.45, 2.75) is 57.3 Å². The SMILES string of the molecule is CC1(C)c2ccccc2-c2ccc(N(c3ccc(-c4ccc(C5CCCCC5)cc4)cc3-c3ccccc3)c3cc4ccccc4cc3-c3ccc4c5ccccc5n(-c5ccccc5)c4c3)cc21. The summed E-state index contributed by atoms with van der Waals surface area (Å²) >= 11 is 0. The highest BCUT2D eigenvalue weighted by Crippen LogP contribution is 2.53.